The minimum absolute atomic E-state index is 0.0916. The SMILES string of the molecule is COc1cc(C(=O)NCC2CCN(C(=O)c3cc4ccccc4o3)CC2)cc(OC)c1OC. The Balaban J connectivity index is 1.32. The zero-order valence-electron chi connectivity index (χ0n) is 19.1. The topological polar surface area (TPSA) is 90.2 Å². The highest BCUT2D eigenvalue weighted by Gasteiger charge is 2.26. The molecule has 0 unspecified atom stereocenters. The van der Waals surface area contributed by atoms with E-state index in [1.165, 1.54) is 21.3 Å². The standard InChI is InChI=1S/C25H28N2O6/c1-30-20-13-18(14-21(31-2)23(20)32-3)24(28)26-15-16-8-10-27(11-9-16)25(29)22-12-17-6-4-5-7-19(17)33-22/h4-7,12-14,16H,8-11,15H2,1-3H3,(H,26,28). The molecule has 0 atom stereocenters. The van der Waals surface area contributed by atoms with Gasteiger partial charge in [0.05, 0.1) is 21.3 Å². The Morgan fingerprint density at radius 2 is 1.67 bits per heavy atom. The minimum atomic E-state index is -0.213. The predicted molar refractivity (Wildman–Crippen MR) is 123 cm³/mol. The van der Waals surface area contributed by atoms with Gasteiger partial charge >= 0.3 is 0 Å². The van der Waals surface area contributed by atoms with E-state index in [9.17, 15) is 9.59 Å². The quantitative estimate of drug-likeness (QED) is 0.587. The number of carbonyl (C=O) groups is 2. The summed E-state index contributed by atoms with van der Waals surface area (Å²) in [5.41, 5.74) is 1.15. The van der Waals surface area contributed by atoms with Crippen molar-refractivity contribution in [2.75, 3.05) is 41.0 Å². The maximum absolute atomic E-state index is 12.8. The third kappa shape index (κ3) is 4.74. The van der Waals surface area contributed by atoms with Crippen molar-refractivity contribution < 1.29 is 28.2 Å². The lowest BCUT2D eigenvalue weighted by Gasteiger charge is -2.31. The van der Waals surface area contributed by atoms with Crippen molar-refractivity contribution in [3.05, 3.63) is 53.8 Å². The highest BCUT2D eigenvalue weighted by molar-refractivity contribution is 5.96. The van der Waals surface area contributed by atoms with Crippen LogP contribution in [0.25, 0.3) is 11.0 Å². The van der Waals surface area contributed by atoms with Crippen LogP contribution in [0.15, 0.2) is 46.9 Å². The summed E-state index contributed by atoms with van der Waals surface area (Å²) < 4.78 is 21.7. The van der Waals surface area contributed by atoms with Crippen molar-refractivity contribution >= 4 is 22.8 Å². The fraction of sp³-hybridized carbons (Fsp3) is 0.360. The van der Waals surface area contributed by atoms with E-state index in [1.807, 2.05) is 29.2 Å². The third-order valence-electron chi connectivity index (χ3n) is 6.02. The van der Waals surface area contributed by atoms with Gasteiger partial charge in [-0.15, -0.1) is 0 Å². The summed E-state index contributed by atoms with van der Waals surface area (Å²) in [6, 6.07) is 12.6. The van der Waals surface area contributed by atoms with Gasteiger partial charge in [-0.3, -0.25) is 9.59 Å². The average Bonchev–Trinajstić information content (AvgIpc) is 3.30. The molecule has 2 heterocycles. The number of amides is 2. The van der Waals surface area contributed by atoms with E-state index in [2.05, 4.69) is 5.32 Å². The molecule has 0 radical (unpaired) electrons. The van der Waals surface area contributed by atoms with E-state index in [4.69, 9.17) is 18.6 Å². The summed E-state index contributed by atoms with van der Waals surface area (Å²) >= 11 is 0. The maximum Gasteiger partial charge on any atom is 0.289 e. The van der Waals surface area contributed by atoms with E-state index in [0.717, 1.165) is 18.2 Å². The molecule has 4 rings (SSSR count). The summed E-state index contributed by atoms with van der Waals surface area (Å²) in [5.74, 6) is 1.65. The van der Waals surface area contributed by atoms with Crippen molar-refractivity contribution in [2.24, 2.45) is 5.92 Å². The lowest BCUT2D eigenvalue weighted by Crippen LogP contribution is -2.41. The van der Waals surface area contributed by atoms with Gasteiger partial charge < -0.3 is 28.8 Å². The number of ether oxygens (including phenoxy) is 3. The van der Waals surface area contributed by atoms with Crippen LogP contribution in [0.5, 0.6) is 17.2 Å². The van der Waals surface area contributed by atoms with Crippen molar-refractivity contribution in [2.45, 2.75) is 12.8 Å². The van der Waals surface area contributed by atoms with Gasteiger partial charge in [-0.2, -0.15) is 0 Å². The summed E-state index contributed by atoms with van der Waals surface area (Å²) in [7, 11) is 4.55. The molecule has 1 N–H and O–H groups in total. The molecule has 8 heteroatoms. The second-order valence-corrected chi connectivity index (χ2v) is 8.01. The number of hydrogen-bond donors (Lipinski definition) is 1. The molecule has 2 aromatic carbocycles. The van der Waals surface area contributed by atoms with E-state index in [0.29, 0.717) is 53.8 Å². The lowest BCUT2D eigenvalue weighted by molar-refractivity contribution is 0.0655. The Kier molecular flexibility index (Phi) is 6.72. The molecule has 174 valence electrons. The number of nitrogens with one attached hydrogen (secondary N) is 1. The molecule has 33 heavy (non-hydrogen) atoms. The van der Waals surface area contributed by atoms with E-state index < -0.39 is 0 Å². The zero-order chi connectivity index (χ0) is 23.4. The monoisotopic (exact) mass is 452 g/mol. The Morgan fingerprint density at radius 1 is 1.00 bits per heavy atom. The van der Waals surface area contributed by atoms with Gasteiger partial charge in [0.25, 0.3) is 11.8 Å². The van der Waals surface area contributed by atoms with Crippen molar-refractivity contribution in [1.29, 1.82) is 0 Å². The first-order valence-electron chi connectivity index (χ1n) is 10.9. The number of nitrogens with zero attached hydrogens (tertiary/aromatic N) is 1. The van der Waals surface area contributed by atoms with E-state index in [1.54, 1.807) is 18.2 Å². The molecule has 0 bridgehead atoms. The largest absolute Gasteiger partial charge is 0.493 e. The predicted octanol–water partition coefficient (Wildman–Crippen LogP) is 3.74. The molecule has 1 aliphatic rings. The lowest BCUT2D eigenvalue weighted by atomic mass is 9.96. The number of carbonyl (C=O) groups excluding carboxylic acids is 2. The minimum Gasteiger partial charge on any atom is -0.493 e. The van der Waals surface area contributed by atoms with Crippen LogP contribution >= 0.6 is 0 Å². The molecule has 1 fully saturated rings. The van der Waals surface area contributed by atoms with Gasteiger partial charge in [0.1, 0.15) is 5.58 Å². The number of para-hydroxylation sites is 1. The Bertz CT molecular complexity index is 1090. The fourth-order valence-corrected chi connectivity index (χ4v) is 4.13. The normalized spacial score (nSPS) is 14.2. The van der Waals surface area contributed by atoms with Crippen molar-refractivity contribution in [1.82, 2.24) is 10.2 Å². The molecule has 8 nitrogen and oxygen atoms in total. The number of methoxy groups -OCH3 is 3. The molecule has 0 aliphatic carbocycles. The number of piperidine rings is 1. The van der Waals surface area contributed by atoms with Crippen LogP contribution in [-0.4, -0.2) is 57.7 Å². The van der Waals surface area contributed by atoms with E-state index in [-0.39, 0.29) is 17.7 Å². The van der Waals surface area contributed by atoms with Crippen LogP contribution in [0, 0.1) is 5.92 Å². The number of likely N-dealkylation sites (tertiary alicyclic amines) is 1. The number of benzene rings is 2. The molecule has 2 amide bonds. The van der Waals surface area contributed by atoms with Crippen molar-refractivity contribution in [3.63, 3.8) is 0 Å². The van der Waals surface area contributed by atoms with Gasteiger partial charge in [-0.1, -0.05) is 18.2 Å². The van der Waals surface area contributed by atoms with Crippen LogP contribution < -0.4 is 19.5 Å². The second kappa shape index (κ2) is 9.85. The van der Waals surface area contributed by atoms with Crippen LogP contribution in [-0.2, 0) is 0 Å². The van der Waals surface area contributed by atoms with Crippen LogP contribution in [0.1, 0.15) is 33.8 Å². The Morgan fingerprint density at radius 3 is 2.27 bits per heavy atom. The highest BCUT2D eigenvalue weighted by atomic mass is 16.5. The maximum atomic E-state index is 12.8. The number of rotatable bonds is 7. The first kappa shape index (κ1) is 22.5. The summed E-state index contributed by atoms with van der Waals surface area (Å²) in [6.07, 6.45) is 1.61. The summed E-state index contributed by atoms with van der Waals surface area (Å²) in [6.45, 7) is 1.78. The molecular weight excluding hydrogens is 424 g/mol. The van der Waals surface area contributed by atoms with Gasteiger partial charge in [-0.25, -0.2) is 0 Å². The van der Waals surface area contributed by atoms with Gasteiger partial charge in [0.15, 0.2) is 17.3 Å². The fourth-order valence-electron chi connectivity index (χ4n) is 4.13. The number of furan rings is 1. The van der Waals surface area contributed by atoms with Crippen LogP contribution in [0.2, 0.25) is 0 Å². The molecular formula is C25H28N2O6. The summed E-state index contributed by atoms with van der Waals surface area (Å²) in [4.78, 5) is 27.4. The molecule has 3 aromatic rings. The molecule has 1 aromatic heterocycles. The van der Waals surface area contributed by atoms with Crippen LogP contribution in [0.3, 0.4) is 0 Å². The molecule has 1 saturated heterocycles. The average molecular weight is 453 g/mol. The molecule has 0 saturated carbocycles. The van der Waals surface area contributed by atoms with Gasteiger partial charge in [-0.05, 0) is 43.0 Å². The third-order valence-corrected chi connectivity index (χ3v) is 6.02. The molecule has 0 spiro atoms. The number of hydrogen-bond acceptors (Lipinski definition) is 6. The molecule has 1 aliphatic heterocycles. The highest BCUT2D eigenvalue weighted by Crippen LogP contribution is 2.38. The Hall–Kier alpha value is -3.68. The first-order valence-corrected chi connectivity index (χ1v) is 10.9. The smallest absolute Gasteiger partial charge is 0.289 e. The van der Waals surface area contributed by atoms with Gasteiger partial charge in [0.2, 0.25) is 5.75 Å². The first-order chi connectivity index (χ1) is 16.0. The second-order valence-electron chi connectivity index (χ2n) is 8.01. The number of fused-ring (bicyclic) bond motifs is 1. The Labute approximate surface area is 192 Å². The zero-order valence-corrected chi connectivity index (χ0v) is 19.1. The van der Waals surface area contributed by atoms with Crippen molar-refractivity contribution in [3.8, 4) is 17.2 Å². The van der Waals surface area contributed by atoms with Crippen LogP contribution in [0.4, 0.5) is 0 Å². The van der Waals surface area contributed by atoms with Gasteiger partial charge in [0, 0.05) is 30.6 Å². The van der Waals surface area contributed by atoms with E-state index >= 15 is 0 Å². The summed E-state index contributed by atoms with van der Waals surface area (Å²) in [5, 5.41) is 3.91.